The third kappa shape index (κ3) is 9.51. The van der Waals surface area contributed by atoms with E-state index in [-0.39, 0.29) is 23.8 Å². The first-order valence-corrected chi connectivity index (χ1v) is 15.7. The quantitative estimate of drug-likeness (QED) is 0.0892. The van der Waals surface area contributed by atoms with Crippen LogP contribution in [-0.4, -0.2) is 51.4 Å². The molecular weight excluding hydrogens is 604 g/mol. The number of alkyl halides is 3. The Kier molecular flexibility index (Phi) is 11.6. The molecular formula is C34H36F4N4O2S. The van der Waals surface area contributed by atoms with Crippen molar-refractivity contribution in [3.05, 3.63) is 117 Å². The lowest BCUT2D eigenvalue weighted by Gasteiger charge is -2.27. The normalized spacial score (nSPS) is 11.6. The van der Waals surface area contributed by atoms with Crippen molar-refractivity contribution in [3.8, 4) is 11.1 Å². The van der Waals surface area contributed by atoms with Crippen LogP contribution in [0.15, 0.2) is 88.9 Å². The topological polar surface area (TPSA) is 58.4 Å². The first-order valence-electron chi connectivity index (χ1n) is 14.7. The summed E-state index contributed by atoms with van der Waals surface area (Å²) in [7, 11) is 0. The first kappa shape index (κ1) is 33.9. The van der Waals surface area contributed by atoms with Crippen LogP contribution in [0, 0.1) is 12.7 Å². The zero-order chi connectivity index (χ0) is 32.6. The molecule has 6 nitrogen and oxygen atoms in total. The summed E-state index contributed by atoms with van der Waals surface area (Å²) in [6.45, 7) is 8.92. The molecule has 0 N–H and O–H groups in total. The van der Waals surface area contributed by atoms with Gasteiger partial charge in [0.05, 0.1) is 5.56 Å². The van der Waals surface area contributed by atoms with Crippen LogP contribution in [0.4, 0.5) is 17.6 Å². The van der Waals surface area contributed by atoms with Crippen molar-refractivity contribution < 1.29 is 22.4 Å². The average Bonchev–Trinajstić information content (AvgIpc) is 3.02. The number of thioether (sulfide) groups is 1. The summed E-state index contributed by atoms with van der Waals surface area (Å²) in [5.41, 5.74) is 2.51. The van der Waals surface area contributed by atoms with Gasteiger partial charge in [-0.05, 0) is 66.5 Å². The van der Waals surface area contributed by atoms with Gasteiger partial charge in [0.25, 0.3) is 5.56 Å². The molecule has 4 aromatic rings. The molecule has 0 fully saturated rings. The summed E-state index contributed by atoms with van der Waals surface area (Å²) in [6, 6.07) is 18.5. The van der Waals surface area contributed by atoms with E-state index in [0.29, 0.717) is 41.7 Å². The molecule has 0 saturated carbocycles. The fourth-order valence-electron chi connectivity index (χ4n) is 4.75. The molecule has 0 spiro atoms. The number of hydrogen-bond donors (Lipinski definition) is 0. The SMILES string of the molecule is CCN(CC)CCN(Cc1ccc(-c2ccc(C(F)(F)F)cc2)cc1)C(=O)Cn1cc(C)c(=O)nc1SCc1ccc(F)cc1. The highest BCUT2D eigenvalue weighted by Gasteiger charge is 2.30. The Labute approximate surface area is 264 Å². The molecule has 0 unspecified atom stereocenters. The highest BCUT2D eigenvalue weighted by Crippen LogP contribution is 2.31. The third-order valence-electron chi connectivity index (χ3n) is 7.52. The molecule has 0 aliphatic rings. The van der Waals surface area contributed by atoms with E-state index in [1.54, 1.807) is 34.7 Å². The van der Waals surface area contributed by atoms with Crippen molar-refractivity contribution in [2.24, 2.45) is 0 Å². The molecule has 3 aromatic carbocycles. The predicted molar refractivity (Wildman–Crippen MR) is 169 cm³/mol. The Morgan fingerprint density at radius 1 is 0.867 bits per heavy atom. The van der Waals surface area contributed by atoms with Gasteiger partial charge in [0, 0.05) is 37.1 Å². The zero-order valence-electron chi connectivity index (χ0n) is 25.5. The monoisotopic (exact) mass is 640 g/mol. The van der Waals surface area contributed by atoms with Crippen molar-refractivity contribution in [2.45, 2.75) is 50.9 Å². The second kappa shape index (κ2) is 15.4. The minimum Gasteiger partial charge on any atom is -0.336 e. The molecule has 0 bridgehead atoms. The van der Waals surface area contributed by atoms with E-state index in [4.69, 9.17) is 0 Å². The highest BCUT2D eigenvalue weighted by atomic mass is 32.2. The second-order valence-corrected chi connectivity index (χ2v) is 11.6. The molecule has 0 radical (unpaired) electrons. The number of likely N-dealkylation sites (N-methyl/N-ethyl adjacent to an activating group) is 1. The average molecular weight is 641 g/mol. The van der Waals surface area contributed by atoms with Gasteiger partial charge in [0.1, 0.15) is 12.4 Å². The maximum atomic E-state index is 13.8. The number of hydrogen-bond acceptors (Lipinski definition) is 5. The Morgan fingerprint density at radius 2 is 1.44 bits per heavy atom. The van der Waals surface area contributed by atoms with Crippen LogP contribution in [0.3, 0.4) is 0 Å². The van der Waals surface area contributed by atoms with E-state index in [1.807, 2.05) is 24.3 Å². The summed E-state index contributed by atoms with van der Waals surface area (Å²) >= 11 is 1.30. The van der Waals surface area contributed by atoms with Gasteiger partial charge in [-0.1, -0.05) is 74.1 Å². The van der Waals surface area contributed by atoms with E-state index in [9.17, 15) is 27.2 Å². The molecule has 238 valence electrons. The summed E-state index contributed by atoms with van der Waals surface area (Å²) in [5, 5.41) is 0.396. The standard InChI is InChI=1S/C34H36F4N4O2S/c1-4-40(5-2)18-19-41(21-25-6-10-27(11-7-25)28-12-14-29(15-13-28)34(36,37)38)31(43)22-42-20-24(3)32(44)39-33(42)45-23-26-8-16-30(35)17-9-26/h6-17,20H,4-5,18-19,21-23H2,1-3H3. The molecule has 0 aliphatic heterocycles. The fourth-order valence-corrected chi connectivity index (χ4v) is 5.67. The molecule has 11 heteroatoms. The van der Waals surface area contributed by atoms with Crippen LogP contribution in [-0.2, 0) is 29.8 Å². The summed E-state index contributed by atoms with van der Waals surface area (Å²) in [4.78, 5) is 34.4. The van der Waals surface area contributed by atoms with E-state index >= 15 is 0 Å². The van der Waals surface area contributed by atoms with Gasteiger partial charge >= 0.3 is 6.18 Å². The Bertz CT molecular complexity index is 1620. The summed E-state index contributed by atoms with van der Waals surface area (Å²) < 4.78 is 53.9. The molecule has 4 rings (SSSR count). The smallest absolute Gasteiger partial charge is 0.336 e. The third-order valence-corrected chi connectivity index (χ3v) is 8.58. The number of aryl methyl sites for hydroxylation is 1. The maximum Gasteiger partial charge on any atom is 0.416 e. The zero-order valence-corrected chi connectivity index (χ0v) is 26.3. The lowest BCUT2D eigenvalue weighted by molar-refractivity contribution is -0.137. The molecule has 1 heterocycles. The number of aromatic nitrogens is 2. The summed E-state index contributed by atoms with van der Waals surface area (Å²) in [6.07, 6.45) is -2.75. The van der Waals surface area contributed by atoms with E-state index in [1.165, 1.54) is 36.0 Å². The van der Waals surface area contributed by atoms with Crippen LogP contribution < -0.4 is 5.56 Å². The Hall–Kier alpha value is -3.96. The lowest BCUT2D eigenvalue weighted by atomic mass is 10.0. The van der Waals surface area contributed by atoms with Crippen LogP contribution in [0.25, 0.3) is 11.1 Å². The molecule has 0 atom stereocenters. The predicted octanol–water partition coefficient (Wildman–Crippen LogP) is 7.04. The van der Waals surface area contributed by atoms with Gasteiger partial charge in [-0.25, -0.2) is 4.39 Å². The number of carbonyl (C=O) groups is 1. The van der Waals surface area contributed by atoms with Crippen LogP contribution in [0.1, 0.15) is 36.1 Å². The molecule has 0 saturated heterocycles. The van der Waals surface area contributed by atoms with Crippen LogP contribution in [0.2, 0.25) is 0 Å². The molecule has 0 aliphatic carbocycles. The molecule has 45 heavy (non-hydrogen) atoms. The Balaban J connectivity index is 1.53. The van der Waals surface area contributed by atoms with E-state index in [2.05, 4.69) is 23.7 Å². The maximum absolute atomic E-state index is 13.8. The van der Waals surface area contributed by atoms with Gasteiger partial charge < -0.3 is 14.4 Å². The molecule has 1 amide bonds. The number of halogens is 4. The van der Waals surface area contributed by atoms with Crippen molar-refractivity contribution >= 4 is 17.7 Å². The minimum atomic E-state index is -4.39. The number of carbonyl (C=O) groups excluding carboxylic acids is 1. The van der Waals surface area contributed by atoms with Crippen LogP contribution in [0.5, 0.6) is 0 Å². The number of nitrogens with zero attached hydrogens (tertiary/aromatic N) is 4. The molecule has 1 aromatic heterocycles. The fraction of sp³-hybridized carbons (Fsp3) is 0.324. The van der Waals surface area contributed by atoms with Gasteiger partial charge in [0.2, 0.25) is 5.91 Å². The Morgan fingerprint density at radius 3 is 2.02 bits per heavy atom. The highest BCUT2D eigenvalue weighted by molar-refractivity contribution is 7.98. The van der Waals surface area contributed by atoms with Gasteiger partial charge in [-0.15, -0.1) is 0 Å². The van der Waals surface area contributed by atoms with E-state index in [0.717, 1.165) is 41.9 Å². The largest absolute Gasteiger partial charge is 0.416 e. The summed E-state index contributed by atoms with van der Waals surface area (Å²) in [5.74, 6) is -0.0396. The van der Waals surface area contributed by atoms with Crippen molar-refractivity contribution in [1.82, 2.24) is 19.4 Å². The van der Waals surface area contributed by atoms with E-state index < -0.39 is 11.7 Å². The van der Waals surface area contributed by atoms with Crippen molar-refractivity contribution in [1.29, 1.82) is 0 Å². The number of rotatable bonds is 13. The first-order chi connectivity index (χ1) is 21.5. The van der Waals surface area contributed by atoms with Gasteiger partial charge in [-0.3, -0.25) is 9.59 Å². The minimum absolute atomic E-state index is 0.0260. The van der Waals surface area contributed by atoms with Crippen molar-refractivity contribution in [2.75, 3.05) is 26.2 Å². The van der Waals surface area contributed by atoms with Gasteiger partial charge in [0.15, 0.2) is 5.16 Å². The number of amides is 1. The number of benzene rings is 3. The van der Waals surface area contributed by atoms with Crippen LogP contribution >= 0.6 is 11.8 Å². The van der Waals surface area contributed by atoms with Gasteiger partial charge in [-0.2, -0.15) is 18.2 Å². The van der Waals surface area contributed by atoms with Crippen molar-refractivity contribution in [3.63, 3.8) is 0 Å². The second-order valence-electron chi connectivity index (χ2n) is 10.7. The lowest BCUT2D eigenvalue weighted by Crippen LogP contribution is -2.40.